The molecule has 2 rings (SSSR count). The number of hydrogen-bond acceptors (Lipinski definition) is 4. The molecule has 0 aliphatic heterocycles. The summed E-state index contributed by atoms with van der Waals surface area (Å²) in [6, 6.07) is 0. The van der Waals surface area contributed by atoms with E-state index in [0.717, 1.165) is 16.1 Å². The van der Waals surface area contributed by atoms with Gasteiger partial charge in [0, 0.05) is 25.5 Å². The molecule has 2 aromatic heterocycles. The van der Waals surface area contributed by atoms with E-state index in [1.165, 1.54) is 0 Å². The van der Waals surface area contributed by atoms with Crippen LogP contribution >= 0.6 is 15.9 Å². The first-order valence-corrected chi connectivity index (χ1v) is 5.03. The average Bonchev–Trinajstić information content (AvgIpc) is 2.58. The smallest absolute Gasteiger partial charge is 0.180 e. The maximum Gasteiger partial charge on any atom is 0.180 e. The van der Waals surface area contributed by atoms with Crippen LogP contribution in [0.4, 0.5) is 5.82 Å². The molecule has 0 atom stereocenters. The van der Waals surface area contributed by atoms with E-state index in [2.05, 4.69) is 31.2 Å². The van der Waals surface area contributed by atoms with Gasteiger partial charge in [-0.25, -0.2) is 9.97 Å². The largest absolute Gasteiger partial charge is 0.366 e. The quantitative estimate of drug-likeness (QED) is 0.854. The Morgan fingerprint density at radius 2 is 2.36 bits per heavy atom. The second kappa shape index (κ2) is 3.93. The fourth-order valence-corrected chi connectivity index (χ4v) is 1.59. The van der Waals surface area contributed by atoms with E-state index in [-0.39, 0.29) is 0 Å². The standard InChI is InChI=1S/C8H10BrN5/c9-6-5-13-8-7(11-2-1-10)12-3-4-14(6)8/h3-5H,1-2,10H2,(H,11,12). The first-order chi connectivity index (χ1) is 6.83. The van der Waals surface area contributed by atoms with E-state index in [1.54, 1.807) is 12.4 Å². The molecule has 0 radical (unpaired) electrons. The lowest BCUT2D eigenvalue weighted by molar-refractivity contribution is 1.00. The van der Waals surface area contributed by atoms with Gasteiger partial charge in [-0.05, 0) is 15.9 Å². The molecule has 6 heteroatoms. The Labute approximate surface area is 89.5 Å². The number of fused-ring (bicyclic) bond motifs is 1. The van der Waals surface area contributed by atoms with Crippen LogP contribution in [-0.4, -0.2) is 27.5 Å². The molecule has 0 aromatic carbocycles. The molecule has 5 nitrogen and oxygen atoms in total. The van der Waals surface area contributed by atoms with Crippen LogP contribution < -0.4 is 11.1 Å². The van der Waals surface area contributed by atoms with E-state index in [9.17, 15) is 0 Å². The van der Waals surface area contributed by atoms with Gasteiger partial charge in [0.05, 0.1) is 6.20 Å². The highest BCUT2D eigenvalue weighted by molar-refractivity contribution is 9.10. The van der Waals surface area contributed by atoms with E-state index < -0.39 is 0 Å². The molecular formula is C8H10BrN5. The van der Waals surface area contributed by atoms with Crippen molar-refractivity contribution in [2.45, 2.75) is 0 Å². The van der Waals surface area contributed by atoms with Crippen molar-refractivity contribution in [2.24, 2.45) is 5.73 Å². The van der Waals surface area contributed by atoms with Crippen molar-refractivity contribution in [2.75, 3.05) is 18.4 Å². The lowest BCUT2D eigenvalue weighted by Crippen LogP contribution is -2.14. The number of imidazole rings is 1. The summed E-state index contributed by atoms with van der Waals surface area (Å²) in [4.78, 5) is 8.41. The van der Waals surface area contributed by atoms with Gasteiger partial charge in [-0.15, -0.1) is 0 Å². The number of hydrogen-bond donors (Lipinski definition) is 2. The van der Waals surface area contributed by atoms with Crippen molar-refractivity contribution >= 4 is 27.4 Å². The predicted molar refractivity (Wildman–Crippen MR) is 58.2 cm³/mol. The highest BCUT2D eigenvalue weighted by atomic mass is 79.9. The Hall–Kier alpha value is -1.14. The number of nitrogens with two attached hydrogens (primary N) is 1. The third-order valence-corrected chi connectivity index (χ3v) is 2.41. The van der Waals surface area contributed by atoms with E-state index >= 15 is 0 Å². The molecule has 0 fully saturated rings. The molecule has 0 aliphatic carbocycles. The van der Waals surface area contributed by atoms with Crippen molar-refractivity contribution in [1.29, 1.82) is 0 Å². The van der Waals surface area contributed by atoms with Gasteiger partial charge in [0.15, 0.2) is 11.5 Å². The molecule has 0 unspecified atom stereocenters. The molecule has 0 amide bonds. The number of nitrogens with one attached hydrogen (secondary N) is 1. The molecule has 0 saturated heterocycles. The summed E-state index contributed by atoms with van der Waals surface area (Å²) in [5.74, 6) is 0.753. The fraction of sp³-hybridized carbons (Fsp3) is 0.250. The van der Waals surface area contributed by atoms with Crippen LogP contribution in [0, 0.1) is 0 Å². The minimum absolute atomic E-state index is 0.574. The van der Waals surface area contributed by atoms with E-state index in [4.69, 9.17) is 5.73 Å². The van der Waals surface area contributed by atoms with Gasteiger partial charge < -0.3 is 11.1 Å². The van der Waals surface area contributed by atoms with E-state index in [1.807, 2.05) is 10.6 Å². The number of rotatable bonds is 3. The summed E-state index contributed by atoms with van der Waals surface area (Å²) >= 11 is 3.39. The molecule has 0 bridgehead atoms. The first kappa shape index (κ1) is 9.42. The lowest BCUT2D eigenvalue weighted by Gasteiger charge is -2.04. The van der Waals surface area contributed by atoms with Crippen LogP contribution in [0.3, 0.4) is 0 Å². The third kappa shape index (κ3) is 1.58. The van der Waals surface area contributed by atoms with Crippen molar-refractivity contribution < 1.29 is 0 Å². The van der Waals surface area contributed by atoms with Gasteiger partial charge in [0.2, 0.25) is 0 Å². The van der Waals surface area contributed by atoms with Gasteiger partial charge in [-0.3, -0.25) is 4.40 Å². The zero-order valence-corrected chi connectivity index (χ0v) is 9.03. The van der Waals surface area contributed by atoms with Crippen molar-refractivity contribution in [3.8, 4) is 0 Å². The lowest BCUT2D eigenvalue weighted by atomic mass is 10.5. The Balaban J connectivity index is 2.44. The van der Waals surface area contributed by atoms with Crippen molar-refractivity contribution in [3.05, 3.63) is 23.2 Å². The zero-order valence-electron chi connectivity index (χ0n) is 7.44. The van der Waals surface area contributed by atoms with Gasteiger partial charge in [-0.2, -0.15) is 0 Å². The topological polar surface area (TPSA) is 68.2 Å². The minimum atomic E-state index is 0.574. The van der Waals surface area contributed by atoms with Crippen LogP contribution in [0.15, 0.2) is 23.2 Å². The Morgan fingerprint density at radius 1 is 1.50 bits per heavy atom. The SMILES string of the molecule is NCCNc1nccn2c(Br)cnc12. The number of anilines is 1. The third-order valence-electron chi connectivity index (χ3n) is 1.82. The van der Waals surface area contributed by atoms with Crippen LogP contribution in [0.2, 0.25) is 0 Å². The molecule has 3 N–H and O–H groups in total. The van der Waals surface area contributed by atoms with Crippen LogP contribution in [-0.2, 0) is 0 Å². The summed E-state index contributed by atoms with van der Waals surface area (Å²) in [6.45, 7) is 1.27. The molecule has 2 heterocycles. The van der Waals surface area contributed by atoms with Crippen LogP contribution in [0.1, 0.15) is 0 Å². The normalized spacial score (nSPS) is 10.7. The van der Waals surface area contributed by atoms with Crippen LogP contribution in [0.5, 0.6) is 0 Å². The van der Waals surface area contributed by atoms with Gasteiger partial charge in [-0.1, -0.05) is 0 Å². The summed E-state index contributed by atoms with van der Waals surface area (Å²) in [7, 11) is 0. The monoisotopic (exact) mass is 255 g/mol. The Morgan fingerprint density at radius 3 is 3.14 bits per heavy atom. The summed E-state index contributed by atoms with van der Waals surface area (Å²) in [5, 5.41) is 3.11. The minimum Gasteiger partial charge on any atom is -0.366 e. The molecule has 0 spiro atoms. The van der Waals surface area contributed by atoms with Crippen molar-refractivity contribution in [1.82, 2.24) is 14.4 Å². The molecule has 2 aromatic rings. The highest BCUT2D eigenvalue weighted by Crippen LogP contribution is 2.17. The number of nitrogens with zero attached hydrogens (tertiary/aromatic N) is 3. The Bertz CT molecular complexity index is 438. The van der Waals surface area contributed by atoms with Gasteiger partial charge >= 0.3 is 0 Å². The second-order valence-electron chi connectivity index (χ2n) is 2.77. The van der Waals surface area contributed by atoms with Crippen LogP contribution in [0.25, 0.3) is 5.65 Å². The molecule has 14 heavy (non-hydrogen) atoms. The maximum absolute atomic E-state index is 5.40. The summed E-state index contributed by atoms with van der Waals surface area (Å²) in [5.41, 5.74) is 6.20. The molecule has 0 aliphatic rings. The highest BCUT2D eigenvalue weighted by Gasteiger charge is 2.05. The fourth-order valence-electron chi connectivity index (χ4n) is 1.20. The van der Waals surface area contributed by atoms with E-state index in [0.29, 0.717) is 13.1 Å². The number of halogens is 1. The first-order valence-electron chi connectivity index (χ1n) is 4.24. The van der Waals surface area contributed by atoms with Gasteiger partial charge in [0.1, 0.15) is 4.60 Å². The maximum atomic E-state index is 5.40. The summed E-state index contributed by atoms with van der Waals surface area (Å²) < 4.78 is 2.82. The summed E-state index contributed by atoms with van der Waals surface area (Å²) in [6.07, 6.45) is 5.31. The van der Waals surface area contributed by atoms with Crippen molar-refractivity contribution in [3.63, 3.8) is 0 Å². The van der Waals surface area contributed by atoms with Gasteiger partial charge in [0.25, 0.3) is 0 Å². The zero-order chi connectivity index (χ0) is 9.97. The number of aromatic nitrogens is 3. The molecule has 74 valence electrons. The average molecular weight is 256 g/mol. The predicted octanol–water partition coefficient (Wildman–Crippen LogP) is 0.862. The molecule has 0 saturated carbocycles. The molecular weight excluding hydrogens is 246 g/mol. The Kier molecular flexibility index (Phi) is 2.64. The second-order valence-corrected chi connectivity index (χ2v) is 3.58.